The molecule has 0 saturated heterocycles. The largest absolute Gasteiger partial charge is 0.340 e. The van der Waals surface area contributed by atoms with Crippen LogP contribution >= 0.6 is 11.3 Å². The first-order valence-electron chi connectivity index (χ1n) is 6.62. The molecule has 0 aliphatic heterocycles. The Hall–Kier alpha value is -1.58. The van der Waals surface area contributed by atoms with Gasteiger partial charge in [0.05, 0.1) is 6.04 Å². The van der Waals surface area contributed by atoms with Crippen LogP contribution in [0.3, 0.4) is 0 Å². The molecular formula is C16H18N2S. The SMILES string of the molecule is CNCCC(c1ccsc1)n1ccc2ccccc21. The summed E-state index contributed by atoms with van der Waals surface area (Å²) in [4.78, 5) is 0. The van der Waals surface area contributed by atoms with Crippen LogP contribution in [0.1, 0.15) is 18.0 Å². The lowest BCUT2D eigenvalue weighted by atomic mass is 10.1. The van der Waals surface area contributed by atoms with E-state index in [-0.39, 0.29) is 0 Å². The van der Waals surface area contributed by atoms with Gasteiger partial charge in [0.25, 0.3) is 0 Å². The monoisotopic (exact) mass is 270 g/mol. The number of hydrogen-bond donors (Lipinski definition) is 1. The van der Waals surface area contributed by atoms with Crippen LogP contribution in [0.2, 0.25) is 0 Å². The molecule has 3 aromatic rings. The van der Waals surface area contributed by atoms with Crippen molar-refractivity contribution in [1.82, 2.24) is 9.88 Å². The highest BCUT2D eigenvalue weighted by molar-refractivity contribution is 7.07. The maximum Gasteiger partial charge on any atom is 0.0606 e. The summed E-state index contributed by atoms with van der Waals surface area (Å²) in [6.45, 7) is 1.02. The topological polar surface area (TPSA) is 17.0 Å². The predicted octanol–water partition coefficient (Wildman–Crippen LogP) is 3.90. The number of aromatic nitrogens is 1. The minimum Gasteiger partial charge on any atom is -0.340 e. The Labute approximate surface area is 117 Å². The van der Waals surface area contributed by atoms with E-state index < -0.39 is 0 Å². The second-order valence-electron chi connectivity index (χ2n) is 4.75. The average molecular weight is 270 g/mol. The molecule has 0 bridgehead atoms. The lowest BCUT2D eigenvalue weighted by molar-refractivity contribution is 0.541. The second-order valence-corrected chi connectivity index (χ2v) is 5.53. The standard InChI is InChI=1S/C16H18N2S/c1-17-9-6-16(14-8-11-19-12-14)18-10-7-13-4-2-3-5-15(13)18/h2-5,7-8,10-12,16-17H,6,9H2,1H3. The molecule has 1 atom stereocenters. The fraction of sp³-hybridized carbons (Fsp3) is 0.250. The van der Waals surface area contributed by atoms with E-state index in [1.54, 1.807) is 11.3 Å². The lowest BCUT2D eigenvalue weighted by Gasteiger charge is -2.19. The molecule has 3 rings (SSSR count). The molecule has 0 aliphatic carbocycles. The van der Waals surface area contributed by atoms with Crippen LogP contribution in [0.5, 0.6) is 0 Å². The summed E-state index contributed by atoms with van der Waals surface area (Å²) in [7, 11) is 2.01. The van der Waals surface area contributed by atoms with Crippen molar-refractivity contribution in [2.24, 2.45) is 0 Å². The first kappa shape index (κ1) is 12.5. The van der Waals surface area contributed by atoms with Crippen molar-refractivity contribution in [3.8, 4) is 0 Å². The number of benzene rings is 1. The van der Waals surface area contributed by atoms with Gasteiger partial charge in [-0.3, -0.25) is 0 Å². The van der Waals surface area contributed by atoms with Gasteiger partial charge in [-0.05, 0) is 59.9 Å². The van der Waals surface area contributed by atoms with E-state index in [2.05, 4.69) is 63.2 Å². The minimum absolute atomic E-state index is 0.415. The molecule has 0 spiro atoms. The van der Waals surface area contributed by atoms with E-state index in [0.29, 0.717) is 6.04 Å². The van der Waals surface area contributed by atoms with Gasteiger partial charge in [-0.2, -0.15) is 11.3 Å². The molecular weight excluding hydrogens is 252 g/mol. The van der Waals surface area contributed by atoms with Crippen LogP contribution in [0.4, 0.5) is 0 Å². The van der Waals surface area contributed by atoms with Crippen molar-refractivity contribution in [2.45, 2.75) is 12.5 Å². The molecule has 2 heterocycles. The summed E-state index contributed by atoms with van der Waals surface area (Å²) in [5.74, 6) is 0. The number of nitrogens with zero attached hydrogens (tertiary/aromatic N) is 1. The molecule has 0 radical (unpaired) electrons. The molecule has 1 aromatic carbocycles. The van der Waals surface area contributed by atoms with Crippen LogP contribution in [-0.4, -0.2) is 18.2 Å². The Kier molecular flexibility index (Phi) is 3.67. The molecule has 2 aromatic heterocycles. The average Bonchev–Trinajstić information content (AvgIpc) is 3.09. The summed E-state index contributed by atoms with van der Waals surface area (Å²) in [5, 5.41) is 8.99. The highest BCUT2D eigenvalue weighted by Crippen LogP contribution is 2.28. The molecule has 98 valence electrons. The third kappa shape index (κ3) is 2.44. The van der Waals surface area contributed by atoms with Crippen LogP contribution in [0.15, 0.2) is 53.4 Å². The zero-order valence-electron chi connectivity index (χ0n) is 11.0. The maximum absolute atomic E-state index is 3.26. The summed E-state index contributed by atoms with van der Waals surface area (Å²) in [6, 6.07) is 13.4. The first-order valence-corrected chi connectivity index (χ1v) is 7.56. The Morgan fingerprint density at radius 1 is 1.21 bits per heavy atom. The Morgan fingerprint density at radius 3 is 2.89 bits per heavy atom. The van der Waals surface area contributed by atoms with Gasteiger partial charge in [-0.1, -0.05) is 18.2 Å². The van der Waals surface area contributed by atoms with E-state index >= 15 is 0 Å². The molecule has 2 nitrogen and oxygen atoms in total. The minimum atomic E-state index is 0.415. The van der Waals surface area contributed by atoms with Crippen molar-refractivity contribution < 1.29 is 0 Å². The summed E-state index contributed by atoms with van der Waals surface area (Å²) >= 11 is 1.77. The zero-order valence-corrected chi connectivity index (χ0v) is 11.9. The van der Waals surface area contributed by atoms with Gasteiger partial charge >= 0.3 is 0 Å². The Balaban J connectivity index is 2.03. The normalized spacial score (nSPS) is 12.9. The molecule has 1 N–H and O–H groups in total. The van der Waals surface area contributed by atoms with Crippen LogP contribution in [0.25, 0.3) is 10.9 Å². The predicted molar refractivity (Wildman–Crippen MR) is 82.9 cm³/mol. The summed E-state index contributed by atoms with van der Waals surface area (Å²) in [6.07, 6.45) is 3.31. The van der Waals surface area contributed by atoms with Gasteiger partial charge < -0.3 is 9.88 Å². The Morgan fingerprint density at radius 2 is 2.11 bits per heavy atom. The maximum atomic E-state index is 3.26. The van der Waals surface area contributed by atoms with E-state index in [0.717, 1.165) is 13.0 Å². The molecule has 19 heavy (non-hydrogen) atoms. The molecule has 3 heteroatoms. The number of rotatable bonds is 5. The van der Waals surface area contributed by atoms with E-state index in [9.17, 15) is 0 Å². The molecule has 0 amide bonds. The second kappa shape index (κ2) is 5.59. The van der Waals surface area contributed by atoms with Gasteiger partial charge in [-0.25, -0.2) is 0 Å². The third-order valence-electron chi connectivity index (χ3n) is 3.56. The fourth-order valence-corrected chi connectivity index (χ4v) is 3.30. The number of hydrogen-bond acceptors (Lipinski definition) is 2. The number of para-hydroxylation sites is 1. The highest BCUT2D eigenvalue weighted by Gasteiger charge is 2.15. The Bertz CT molecular complexity index is 640. The summed E-state index contributed by atoms with van der Waals surface area (Å²) in [5.41, 5.74) is 2.72. The molecule has 1 unspecified atom stereocenters. The van der Waals surface area contributed by atoms with Gasteiger partial charge in [0.1, 0.15) is 0 Å². The lowest BCUT2D eigenvalue weighted by Crippen LogP contribution is -2.16. The molecule has 0 fully saturated rings. The first-order chi connectivity index (χ1) is 9.40. The molecule has 0 aliphatic rings. The van der Waals surface area contributed by atoms with Crippen molar-refractivity contribution in [3.63, 3.8) is 0 Å². The zero-order chi connectivity index (χ0) is 13.1. The van der Waals surface area contributed by atoms with E-state index in [1.807, 2.05) is 7.05 Å². The quantitative estimate of drug-likeness (QED) is 0.744. The van der Waals surface area contributed by atoms with Crippen LogP contribution in [-0.2, 0) is 0 Å². The van der Waals surface area contributed by atoms with Crippen LogP contribution in [0, 0.1) is 0 Å². The van der Waals surface area contributed by atoms with Gasteiger partial charge in [0, 0.05) is 11.7 Å². The van der Waals surface area contributed by atoms with Crippen molar-refractivity contribution in [2.75, 3.05) is 13.6 Å². The number of thiophene rings is 1. The van der Waals surface area contributed by atoms with Crippen molar-refractivity contribution in [3.05, 3.63) is 58.9 Å². The third-order valence-corrected chi connectivity index (χ3v) is 4.26. The van der Waals surface area contributed by atoms with Crippen molar-refractivity contribution in [1.29, 1.82) is 0 Å². The highest BCUT2D eigenvalue weighted by atomic mass is 32.1. The smallest absolute Gasteiger partial charge is 0.0606 e. The van der Waals surface area contributed by atoms with Crippen molar-refractivity contribution >= 4 is 22.2 Å². The van der Waals surface area contributed by atoms with Gasteiger partial charge in [0.2, 0.25) is 0 Å². The van der Waals surface area contributed by atoms with Crippen LogP contribution < -0.4 is 5.32 Å². The van der Waals surface area contributed by atoms with Gasteiger partial charge in [-0.15, -0.1) is 0 Å². The summed E-state index contributed by atoms with van der Waals surface area (Å²) < 4.78 is 2.40. The van der Waals surface area contributed by atoms with Gasteiger partial charge in [0.15, 0.2) is 0 Å². The fourth-order valence-electron chi connectivity index (χ4n) is 2.59. The number of fused-ring (bicyclic) bond motifs is 1. The number of nitrogens with one attached hydrogen (secondary N) is 1. The van der Waals surface area contributed by atoms with E-state index in [4.69, 9.17) is 0 Å². The molecule has 0 saturated carbocycles. The van der Waals surface area contributed by atoms with E-state index in [1.165, 1.54) is 16.5 Å².